The molecule has 12 nitrogen and oxygen atoms in total. The Bertz CT molecular complexity index is 1050. The van der Waals surface area contributed by atoms with E-state index in [1.807, 2.05) is 30.3 Å². The first-order chi connectivity index (χ1) is 21.1. The third kappa shape index (κ3) is 14.8. The van der Waals surface area contributed by atoms with Crippen molar-refractivity contribution < 1.29 is 52.4 Å². The van der Waals surface area contributed by atoms with Gasteiger partial charge < -0.3 is 33.7 Å². The molecule has 1 aromatic carbocycles. The van der Waals surface area contributed by atoms with E-state index < -0.39 is 54.3 Å². The normalized spacial score (nSPS) is 21.4. The summed E-state index contributed by atoms with van der Waals surface area (Å²) in [5, 5.41) is 2.72. The lowest BCUT2D eigenvalue weighted by Crippen LogP contribution is -2.57. The quantitative estimate of drug-likeness (QED) is 0.145. The molecule has 0 spiro atoms. The van der Waals surface area contributed by atoms with E-state index in [1.54, 1.807) is 0 Å². The number of nitrogens with one attached hydrogen (secondary N) is 1. The van der Waals surface area contributed by atoms with Crippen molar-refractivity contribution in [2.75, 3.05) is 19.8 Å². The number of esters is 4. The predicted molar refractivity (Wildman–Crippen MR) is 158 cm³/mol. The summed E-state index contributed by atoms with van der Waals surface area (Å²) in [5.74, 6) is -3.11. The van der Waals surface area contributed by atoms with Crippen molar-refractivity contribution in [1.82, 2.24) is 5.32 Å². The first kappa shape index (κ1) is 36.7. The molecule has 0 saturated carbocycles. The number of hydrogen-bond donors (Lipinski definition) is 1. The van der Waals surface area contributed by atoms with Gasteiger partial charge in [-0.05, 0) is 18.4 Å². The summed E-state index contributed by atoms with van der Waals surface area (Å²) in [6, 6.07) is 8.61. The summed E-state index contributed by atoms with van der Waals surface area (Å²) in [5.41, 5.74) is 0.972. The number of carbonyl (C=O) groups is 5. The second-order valence-corrected chi connectivity index (χ2v) is 10.9. The fourth-order valence-corrected chi connectivity index (χ4v) is 4.90. The molecule has 0 aliphatic carbocycles. The Hall–Kier alpha value is -3.51. The second-order valence-electron chi connectivity index (χ2n) is 10.9. The smallest absolute Gasteiger partial charge is 0.306 e. The molecule has 2 rings (SSSR count). The lowest BCUT2D eigenvalue weighted by molar-refractivity contribution is -0.185. The van der Waals surface area contributed by atoms with Gasteiger partial charge in [-0.3, -0.25) is 24.0 Å². The van der Waals surface area contributed by atoms with Gasteiger partial charge in [-0.25, -0.2) is 0 Å². The van der Waals surface area contributed by atoms with Crippen LogP contribution in [0.25, 0.3) is 0 Å². The highest BCUT2D eigenvalue weighted by atomic mass is 16.7. The molecule has 1 N–H and O–H groups in total. The van der Waals surface area contributed by atoms with Crippen molar-refractivity contribution >= 4 is 29.8 Å². The van der Waals surface area contributed by atoms with Gasteiger partial charge in [0, 0.05) is 40.7 Å². The Morgan fingerprint density at radius 3 is 2.00 bits per heavy atom. The average molecular weight is 622 g/mol. The third-order valence-corrected chi connectivity index (χ3v) is 6.93. The van der Waals surface area contributed by atoms with Gasteiger partial charge in [0.1, 0.15) is 18.8 Å². The first-order valence-electron chi connectivity index (χ1n) is 15.2. The van der Waals surface area contributed by atoms with Crippen LogP contribution in [0, 0.1) is 5.92 Å². The Kier molecular flexibility index (Phi) is 17.0. The SMILES string of the molecule is CC(=O)N[C@H]1[C@H](OCCCCCCCCCC(=O)OCc2ccccc2)OC[C@H](COC(C)=O)[C@@H](OC(C)=O)[C@@H]1OC(C)=O. The molecule has 1 fully saturated rings. The minimum Gasteiger partial charge on any atom is -0.465 e. The van der Waals surface area contributed by atoms with Gasteiger partial charge in [-0.2, -0.15) is 0 Å². The highest BCUT2D eigenvalue weighted by Crippen LogP contribution is 2.27. The maximum absolute atomic E-state index is 12.1. The zero-order chi connectivity index (χ0) is 32.3. The van der Waals surface area contributed by atoms with Crippen molar-refractivity contribution in [2.24, 2.45) is 5.92 Å². The predicted octanol–water partition coefficient (Wildman–Crippen LogP) is 3.77. The highest BCUT2D eigenvalue weighted by molar-refractivity contribution is 5.73. The largest absolute Gasteiger partial charge is 0.465 e. The third-order valence-electron chi connectivity index (χ3n) is 6.93. The van der Waals surface area contributed by atoms with Crippen LogP contribution in [0.2, 0.25) is 0 Å². The van der Waals surface area contributed by atoms with E-state index in [9.17, 15) is 24.0 Å². The molecule has 0 radical (unpaired) electrons. The van der Waals surface area contributed by atoms with Crippen molar-refractivity contribution in [3.8, 4) is 0 Å². The molecular formula is C32H47NO11. The summed E-state index contributed by atoms with van der Waals surface area (Å²) >= 11 is 0. The van der Waals surface area contributed by atoms with Crippen LogP contribution in [-0.4, -0.2) is 74.1 Å². The van der Waals surface area contributed by atoms with E-state index in [4.69, 9.17) is 28.4 Å². The molecule has 44 heavy (non-hydrogen) atoms. The fraction of sp³-hybridized carbons (Fsp3) is 0.656. The molecule has 0 aromatic heterocycles. The highest BCUT2D eigenvalue weighted by Gasteiger charge is 2.48. The number of hydrogen-bond acceptors (Lipinski definition) is 11. The Morgan fingerprint density at radius 1 is 0.773 bits per heavy atom. The van der Waals surface area contributed by atoms with Gasteiger partial charge in [-0.15, -0.1) is 0 Å². The molecule has 12 heteroatoms. The number of unbranched alkanes of at least 4 members (excludes halogenated alkanes) is 6. The zero-order valence-corrected chi connectivity index (χ0v) is 26.2. The second kappa shape index (κ2) is 20.4. The van der Waals surface area contributed by atoms with E-state index in [0.717, 1.165) is 50.5 Å². The topological polar surface area (TPSA) is 153 Å². The Labute approximate surface area is 259 Å². The summed E-state index contributed by atoms with van der Waals surface area (Å²) < 4.78 is 33.5. The van der Waals surface area contributed by atoms with Gasteiger partial charge in [0.05, 0.1) is 19.1 Å². The van der Waals surface area contributed by atoms with Crippen LogP contribution in [-0.2, 0) is 59.0 Å². The van der Waals surface area contributed by atoms with Crippen molar-refractivity contribution in [3.63, 3.8) is 0 Å². The van der Waals surface area contributed by atoms with Crippen molar-refractivity contribution in [1.29, 1.82) is 0 Å². The molecule has 5 atom stereocenters. The monoisotopic (exact) mass is 621 g/mol. The van der Waals surface area contributed by atoms with E-state index in [1.165, 1.54) is 27.7 Å². The van der Waals surface area contributed by atoms with E-state index in [-0.39, 0.29) is 19.2 Å². The van der Waals surface area contributed by atoms with Gasteiger partial charge in [-0.1, -0.05) is 62.4 Å². The van der Waals surface area contributed by atoms with Gasteiger partial charge in [0.25, 0.3) is 0 Å². The molecule has 0 unspecified atom stereocenters. The number of ether oxygens (including phenoxy) is 6. The van der Waals surface area contributed by atoms with Crippen molar-refractivity contribution in [3.05, 3.63) is 35.9 Å². The number of carbonyl (C=O) groups excluding carboxylic acids is 5. The minimum atomic E-state index is -1.15. The van der Waals surface area contributed by atoms with Gasteiger partial charge in [0.2, 0.25) is 5.91 Å². The number of rotatable bonds is 18. The Morgan fingerprint density at radius 2 is 1.39 bits per heavy atom. The van der Waals surface area contributed by atoms with E-state index in [2.05, 4.69) is 5.32 Å². The lowest BCUT2D eigenvalue weighted by Gasteiger charge is -2.34. The maximum Gasteiger partial charge on any atom is 0.306 e. The molecule has 1 amide bonds. The molecule has 1 aliphatic rings. The summed E-state index contributed by atoms with van der Waals surface area (Å²) in [7, 11) is 0. The van der Waals surface area contributed by atoms with Gasteiger partial charge in [0.15, 0.2) is 12.4 Å². The molecule has 1 aliphatic heterocycles. The van der Waals surface area contributed by atoms with Crippen LogP contribution in [0.3, 0.4) is 0 Å². The number of benzene rings is 1. The van der Waals surface area contributed by atoms with Crippen LogP contribution in [0.15, 0.2) is 30.3 Å². The molecule has 1 aromatic rings. The Balaban J connectivity index is 1.80. The van der Waals surface area contributed by atoms with E-state index in [0.29, 0.717) is 19.6 Å². The number of amides is 1. The molecule has 0 bridgehead atoms. The molecule has 246 valence electrons. The fourth-order valence-electron chi connectivity index (χ4n) is 4.90. The summed E-state index contributed by atoms with van der Waals surface area (Å²) in [6.45, 7) is 5.38. The summed E-state index contributed by atoms with van der Waals surface area (Å²) in [4.78, 5) is 59.5. The standard InChI is InChI=1S/C32H47NO11/c1-22(34)33-29-31(44-25(4)37)30(43-24(3)36)27(20-40-23(2)35)21-42-32(29)39-18-14-9-7-5-6-8-13-17-28(38)41-19-26-15-11-10-12-16-26/h10-12,15-16,27,29-32H,5-9,13-14,17-21H2,1-4H3,(H,33,34)/t27-,29+,30+,31+,32+/m0/s1. The van der Waals surface area contributed by atoms with Crippen molar-refractivity contribution in [2.45, 2.75) is 110 Å². The average Bonchev–Trinajstić information content (AvgIpc) is 3.08. The van der Waals surface area contributed by atoms with Crippen LogP contribution < -0.4 is 5.32 Å². The first-order valence-corrected chi connectivity index (χ1v) is 15.2. The maximum atomic E-state index is 12.1. The van der Waals surface area contributed by atoms with Crippen LogP contribution >= 0.6 is 0 Å². The molecule has 1 saturated heterocycles. The zero-order valence-electron chi connectivity index (χ0n) is 26.2. The van der Waals surface area contributed by atoms with Crippen LogP contribution in [0.1, 0.15) is 84.6 Å². The van der Waals surface area contributed by atoms with Gasteiger partial charge >= 0.3 is 23.9 Å². The summed E-state index contributed by atoms with van der Waals surface area (Å²) in [6.07, 6.45) is 3.55. The minimum absolute atomic E-state index is 0.0382. The van der Waals surface area contributed by atoms with Crippen LogP contribution in [0.5, 0.6) is 0 Å². The van der Waals surface area contributed by atoms with Crippen LogP contribution in [0.4, 0.5) is 0 Å². The molecular weight excluding hydrogens is 574 g/mol. The molecule has 1 heterocycles. The lowest BCUT2D eigenvalue weighted by atomic mass is 9.95. The van der Waals surface area contributed by atoms with E-state index >= 15 is 0 Å².